The molecule has 0 saturated heterocycles. The normalized spacial score (nSPS) is 10.9. The Bertz CT molecular complexity index is 927. The summed E-state index contributed by atoms with van der Waals surface area (Å²) in [7, 11) is 0. The molecule has 0 aliphatic heterocycles. The van der Waals surface area contributed by atoms with Crippen LogP contribution < -0.4 is 10.9 Å². The number of carbonyl (C=O) groups is 1. The van der Waals surface area contributed by atoms with Crippen molar-refractivity contribution in [3.8, 4) is 0 Å². The molecule has 3 aromatic rings. The topological polar surface area (TPSA) is 92.7 Å². The fraction of sp³-hybridized carbons (Fsp3) is 0.294. The number of nitrogens with one attached hydrogen (secondary N) is 2. The number of aromatic amines is 1. The van der Waals surface area contributed by atoms with Gasteiger partial charge < -0.3 is 9.88 Å². The molecule has 0 unspecified atom stereocenters. The number of fused-ring (bicyclic) bond motifs is 1. The van der Waals surface area contributed by atoms with Crippen LogP contribution in [0.1, 0.15) is 24.6 Å². The van der Waals surface area contributed by atoms with E-state index in [4.69, 9.17) is 0 Å². The van der Waals surface area contributed by atoms with Gasteiger partial charge in [-0.05, 0) is 44.0 Å². The van der Waals surface area contributed by atoms with Crippen molar-refractivity contribution in [1.29, 1.82) is 0 Å². The summed E-state index contributed by atoms with van der Waals surface area (Å²) in [5, 5.41) is 10.1. The molecule has 124 valence electrons. The van der Waals surface area contributed by atoms with E-state index >= 15 is 0 Å². The summed E-state index contributed by atoms with van der Waals surface area (Å²) in [6.07, 6.45) is 4.31. The molecule has 24 heavy (non-hydrogen) atoms. The van der Waals surface area contributed by atoms with Gasteiger partial charge in [-0.15, -0.1) is 0 Å². The van der Waals surface area contributed by atoms with E-state index in [0.29, 0.717) is 30.3 Å². The highest BCUT2D eigenvalue weighted by atomic mass is 16.2. The van der Waals surface area contributed by atoms with Crippen LogP contribution in [0.15, 0.2) is 35.4 Å². The molecule has 2 N–H and O–H groups in total. The van der Waals surface area contributed by atoms with Crippen molar-refractivity contribution < 1.29 is 4.79 Å². The summed E-state index contributed by atoms with van der Waals surface area (Å²) in [5.41, 5.74) is 2.38. The second kappa shape index (κ2) is 6.66. The van der Waals surface area contributed by atoms with Gasteiger partial charge in [-0.2, -0.15) is 5.10 Å². The Hall–Kier alpha value is -2.96. The summed E-state index contributed by atoms with van der Waals surface area (Å²) < 4.78 is 1.66. The molecular weight excluding hydrogens is 306 g/mol. The van der Waals surface area contributed by atoms with E-state index in [2.05, 4.69) is 20.5 Å². The van der Waals surface area contributed by atoms with Crippen molar-refractivity contribution in [2.45, 2.75) is 33.2 Å². The molecule has 1 amide bonds. The summed E-state index contributed by atoms with van der Waals surface area (Å²) >= 11 is 0. The molecule has 0 saturated carbocycles. The lowest BCUT2D eigenvalue weighted by molar-refractivity contribution is -0.116. The molecule has 3 aromatic heterocycles. The number of hydrogen-bond donors (Lipinski definition) is 2. The molecule has 0 atom stereocenters. The van der Waals surface area contributed by atoms with Crippen LogP contribution in [-0.4, -0.2) is 25.7 Å². The number of amides is 1. The summed E-state index contributed by atoms with van der Waals surface area (Å²) in [5.74, 6) is 0.111. The number of anilines is 1. The lowest BCUT2D eigenvalue weighted by Gasteiger charge is -2.07. The van der Waals surface area contributed by atoms with E-state index in [1.807, 2.05) is 32.0 Å². The van der Waals surface area contributed by atoms with Gasteiger partial charge >= 0.3 is 0 Å². The van der Waals surface area contributed by atoms with Gasteiger partial charge in [-0.25, -0.2) is 0 Å². The average Bonchev–Trinajstić information content (AvgIpc) is 2.97. The number of aryl methyl sites for hydroxylation is 2. The number of rotatable bonds is 5. The van der Waals surface area contributed by atoms with Crippen molar-refractivity contribution in [2.24, 2.45) is 0 Å². The third-order valence-electron chi connectivity index (χ3n) is 4.00. The monoisotopic (exact) mass is 325 g/mol. The van der Waals surface area contributed by atoms with E-state index in [9.17, 15) is 9.59 Å². The van der Waals surface area contributed by atoms with Gasteiger partial charge in [-0.1, -0.05) is 0 Å². The van der Waals surface area contributed by atoms with Gasteiger partial charge in [-0.3, -0.25) is 19.7 Å². The molecule has 0 spiro atoms. The SMILES string of the molecule is CCn1c(C)cc2[nH]nc(NC(=O)CCc3ccncc3)c2c1=O. The molecule has 3 heterocycles. The Morgan fingerprint density at radius 2 is 2.08 bits per heavy atom. The maximum Gasteiger partial charge on any atom is 0.264 e. The van der Waals surface area contributed by atoms with Gasteiger partial charge in [0, 0.05) is 31.1 Å². The summed E-state index contributed by atoms with van der Waals surface area (Å²) in [6.45, 7) is 4.35. The lowest BCUT2D eigenvalue weighted by atomic mass is 10.1. The lowest BCUT2D eigenvalue weighted by Crippen LogP contribution is -2.22. The molecule has 0 radical (unpaired) electrons. The zero-order chi connectivity index (χ0) is 17.1. The molecule has 0 aromatic carbocycles. The summed E-state index contributed by atoms with van der Waals surface area (Å²) in [4.78, 5) is 28.7. The Labute approximate surface area is 138 Å². The van der Waals surface area contributed by atoms with E-state index in [0.717, 1.165) is 11.3 Å². The number of aromatic nitrogens is 4. The van der Waals surface area contributed by atoms with Crippen LogP contribution in [0.25, 0.3) is 10.9 Å². The first kappa shape index (κ1) is 15.9. The van der Waals surface area contributed by atoms with Crippen LogP contribution in [0.2, 0.25) is 0 Å². The highest BCUT2D eigenvalue weighted by molar-refractivity contribution is 5.99. The number of nitrogens with zero attached hydrogens (tertiary/aromatic N) is 3. The zero-order valence-electron chi connectivity index (χ0n) is 13.7. The maximum atomic E-state index is 12.6. The second-order valence-corrected chi connectivity index (χ2v) is 5.60. The van der Waals surface area contributed by atoms with E-state index < -0.39 is 0 Å². The quantitative estimate of drug-likeness (QED) is 0.750. The number of carbonyl (C=O) groups excluding carboxylic acids is 1. The molecule has 7 heteroatoms. The third kappa shape index (κ3) is 3.05. The van der Waals surface area contributed by atoms with Gasteiger partial charge in [0.1, 0.15) is 5.39 Å². The zero-order valence-corrected chi connectivity index (χ0v) is 13.7. The van der Waals surface area contributed by atoms with Gasteiger partial charge in [0.25, 0.3) is 5.56 Å². The van der Waals surface area contributed by atoms with Crippen molar-refractivity contribution in [3.63, 3.8) is 0 Å². The Kier molecular flexibility index (Phi) is 4.41. The number of hydrogen-bond acceptors (Lipinski definition) is 4. The van der Waals surface area contributed by atoms with Crippen LogP contribution in [0.3, 0.4) is 0 Å². The van der Waals surface area contributed by atoms with Crippen molar-refractivity contribution >= 4 is 22.6 Å². The molecule has 0 aliphatic carbocycles. The second-order valence-electron chi connectivity index (χ2n) is 5.60. The molecule has 7 nitrogen and oxygen atoms in total. The molecule has 0 fully saturated rings. The van der Waals surface area contributed by atoms with Crippen LogP contribution in [0, 0.1) is 6.92 Å². The van der Waals surface area contributed by atoms with E-state index in [1.165, 1.54) is 0 Å². The predicted octanol–water partition coefficient (Wildman–Crippen LogP) is 2.02. The fourth-order valence-corrected chi connectivity index (χ4v) is 2.74. The van der Waals surface area contributed by atoms with Gasteiger partial charge in [0.05, 0.1) is 5.52 Å². The first-order valence-corrected chi connectivity index (χ1v) is 7.87. The average molecular weight is 325 g/mol. The minimum absolute atomic E-state index is 0.148. The molecule has 0 aliphatic rings. The highest BCUT2D eigenvalue weighted by Gasteiger charge is 2.15. The highest BCUT2D eigenvalue weighted by Crippen LogP contribution is 2.18. The largest absolute Gasteiger partial charge is 0.312 e. The Morgan fingerprint density at radius 3 is 2.79 bits per heavy atom. The van der Waals surface area contributed by atoms with Crippen LogP contribution >= 0.6 is 0 Å². The van der Waals surface area contributed by atoms with Crippen molar-refractivity contribution in [1.82, 2.24) is 19.7 Å². The van der Waals surface area contributed by atoms with Crippen molar-refractivity contribution in [2.75, 3.05) is 5.32 Å². The van der Waals surface area contributed by atoms with Crippen LogP contribution in [0.4, 0.5) is 5.82 Å². The van der Waals surface area contributed by atoms with Crippen LogP contribution in [-0.2, 0) is 17.8 Å². The molecule has 0 bridgehead atoms. The number of pyridine rings is 2. The first-order valence-electron chi connectivity index (χ1n) is 7.87. The Morgan fingerprint density at radius 1 is 1.33 bits per heavy atom. The standard InChI is InChI=1S/C17H19N5O2/c1-3-22-11(2)10-13-15(17(22)24)16(21-20-13)19-14(23)5-4-12-6-8-18-9-7-12/h6-10H,3-5H2,1-2H3,(H2,19,20,21,23). The molecular formula is C17H19N5O2. The first-order chi connectivity index (χ1) is 11.6. The summed E-state index contributed by atoms with van der Waals surface area (Å²) in [6, 6.07) is 5.61. The third-order valence-corrected chi connectivity index (χ3v) is 4.00. The predicted molar refractivity (Wildman–Crippen MR) is 92.0 cm³/mol. The maximum absolute atomic E-state index is 12.6. The minimum atomic E-state index is -0.178. The Balaban J connectivity index is 1.80. The van der Waals surface area contributed by atoms with E-state index in [-0.39, 0.29) is 17.3 Å². The van der Waals surface area contributed by atoms with Gasteiger partial charge in [0.2, 0.25) is 5.91 Å². The number of H-pyrrole nitrogens is 1. The molecule has 3 rings (SSSR count). The van der Waals surface area contributed by atoms with Crippen LogP contribution in [0.5, 0.6) is 0 Å². The fourth-order valence-electron chi connectivity index (χ4n) is 2.74. The smallest absolute Gasteiger partial charge is 0.264 e. The minimum Gasteiger partial charge on any atom is -0.312 e. The van der Waals surface area contributed by atoms with E-state index in [1.54, 1.807) is 17.0 Å². The van der Waals surface area contributed by atoms with Crippen molar-refractivity contribution in [3.05, 3.63) is 52.2 Å². The van der Waals surface area contributed by atoms with Gasteiger partial charge in [0.15, 0.2) is 5.82 Å².